The third kappa shape index (κ3) is 3.89. The van der Waals surface area contributed by atoms with Gasteiger partial charge in [0, 0.05) is 31.8 Å². The molecule has 2 aliphatic rings. The third-order valence-electron chi connectivity index (χ3n) is 5.61. The van der Waals surface area contributed by atoms with Gasteiger partial charge < -0.3 is 19.1 Å². The van der Waals surface area contributed by atoms with Gasteiger partial charge >= 0.3 is 0 Å². The van der Waals surface area contributed by atoms with Crippen LogP contribution in [0.15, 0.2) is 42.5 Å². The minimum Gasteiger partial charge on any atom is -0.486 e. The highest BCUT2D eigenvalue weighted by Gasteiger charge is 2.38. The summed E-state index contributed by atoms with van der Waals surface area (Å²) in [5.74, 6) is 0.624. The Morgan fingerprint density at radius 2 is 2.03 bits per heavy atom. The number of aromatic nitrogens is 1. The zero-order valence-electron chi connectivity index (χ0n) is 17.7. The summed E-state index contributed by atoms with van der Waals surface area (Å²) in [6, 6.07) is 13.2. The van der Waals surface area contributed by atoms with Gasteiger partial charge in [0.1, 0.15) is 13.2 Å². The van der Waals surface area contributed by atoms with Crippen LogP contribution in [0.5, 0.6) is 11.5 Å². The molecule has 3 aromatic rings. The van der Waals surface area contributed by atoms with Crippen molar-refractivity contribution in [3.8, 4) is 11.5 Å². The first-order valence-electron chi connectivity index (χ1n) is 10.5. The summed E-state index contributed by atoms with van der Waals surface area (Å²) in [7, 11) is 1.60. The van der Waals surface area contributed by atoms with Crippen molar-refractivity contribution in [3.05, 3.63) is 42.5 Å². The van der Waals surface area contributed by atoms with Gasteiger partial charge in [-0.25, -0.2) is 4.98 Å². The van der Waals surface area contributed by atoms with Crippen LogP contribution in [-0.4, -0.2) is 56.8 Å². The van der Waals surface area contributed by atoms with E-state index in [0.29, 0.717) is 55.2 Å². The molecule has 1 atom stereocenters. The van der Waals surface area contributed by atoms with Crippen molar-refractivity contribution in [2.75, 3.05) is 49.8 Å². The van der Waals surface area contributed by atoms with Crippen molar-refractivity contribution in [2.24, 2.45) is 5.92 Å². The second-order valence-corrected chi connectivity index (χ2v) is 8.69. The lowest BCUT2D eigenvalue weighted by atomic mass is 10.1. The van der Waals surface area contributed by atoms with Gasteiger partial charge in [-0.15, -0.1) is 0 Å². The topological polar surface area (TPSA) is 81.2 Å². The van der Waals surface area contributed by atoms with E-state index in [-0.39, 0.29) is 18.2 Å². The van der Waals surface area contributed by atoms with Gasteiger partial charge in [0.05, 0.1) is 29.3 Å². The fourth-order valence-corrected chi connectivity index (χ4v) is 5.00. The Balaban J connectivity index is 1.38. The number of fused-ring (bicyclic) bond motifs is 2. The Hall–Kier alpha value is -3.17. The van der Waals surface area contributed by atoms with Crippen LogP contribution in [0.25, 0.3) is 10.2 Å². The predicted octanol–water partition coefficient (Wildman–Crippen LogP) is 3.10. The number of para-hydroxylation sites is 1. The van der Waals surface area contributed by atoms with Crippen molar-refractivity contribution in [1.82, 2.24) is 4.98 Å². The van der Waals surface area contributed by atoms with Crippen molar-refractivity contribution < 1.29 is 23.8 Å². The van der Waals surface area contributed by atoms with Gasteiger partial charge in [-0.1, -0.05) is 23.5 Å². The standard InChI is InChI=1S/C23H23N3O5S/c1-29-9-8-25(23-24-17-4-2-3-5-20(17)32-23)22(28)15-12-21(27)26(14-15)16-6-7-18-19(13-16)31-11-10-30-18/h2-7,13,15H,8-12,14H2,1H3. The van der Waals surface area contributed by atoms with E-state index >= 15 is 0 Å². The molecule has 0 bridgehead atoms. The highest BCUT2D eigenvalue weighted by Crippen LogP contribution is 2.37. The highest BCUT2D eigenvalue weighted by atomic mass is 32.1. The van der Waals surface area contributed by atoms with Crippen LogP contribution in [0, 0.1) is 5.92 Å². The molecule has 3 heterocycles. The summed E-state index contributed by atoms with van der Waals surface area (Å²) >= 11 is 1.47. The van der Waals surface area contributed by atoms with Crippen LogP contribution in [0.4, 0.5) is 10.8 Å². The third-order valence-corrected chi connectivity index (χ3v) is 6.67. The molecule has 1 unspecified atom stereocenters. The van der Waals surface area contributed by atoms with E-state index in [9.17, 15) is 9.59 Å². The number of anilines is 2. The number of ether oxygens (including phenoxy) is 3. The number of thiazole rings is 1. The quantitative estimate of drug-likeness (QED) is 0.571. The summed E-state index contributed by atoms with van der Waals surface area (Å²) in [6.45, 7) is 2.06. The van der Waals surface area contributed by atoms with Crippen LogP contribution in [0.2, 0.25) is 0 Å². The molecule has 5 rings (SSSR count). The Morgan fingerprint density at radius 3 is 2.84 bits per heavy atom. The first kappa shape index (κ1) is 20.7. The van der Waals surface area contributed by atoms with Crippen LogP contribution in [-0.2, 0) is 14.3 Å². The maximum atomic E-state index is 13.5. The molecule has 0 N–H and O–H groups in total. The summed E-state index contributed by atoms with van der Waals surface area (Å²) in [4.78, 5) is 34.3. The number of amides is 2. The first-order chi connectivity index (χ1) is 15.6. The van der Waals surface area contributed by atoms with Gasteiger partial charge in [-0.05, 0) is 24.3 Å². The van der Waals surface area contributed by atoms with E-state index in [1.807, 2.05) is 30.3 Å². The summed E-state index contributed by atoms with van der Waals surface area (Å²) in [6.07, 6.45) is 0.154. The Labute approximate surface area is 189 Å². The molecule has 2 aromatic carbocycles. The lowest BCUT2D eigenvalue weighted by Gasteiger charge is -2.24. The second kappa shape index (κ2) is 8.76. The number of nitrogens with zero attached hydrogens (tertiary/aromatic N) is 3. The molecule has 0 radical (unpaired) electrons. The molecule has 0 saturated carbocycles. The van der Waals surface area contributed by atoms with Crippen molar-refractivity contribution in [1.29, 1.82) is 0 Å². The largest absolute Gasteiger partial charge is 0.486 e. The monoisotopic (exact) mass is 453 g/mol. The van der Waals surface area contributed by atoms with E-state index in [0.717, 1.165) is 10.2 Å². The van der Waals surface area contributed by atoms with Gasteiger partial charge in [0.25, 0.3) is 0 Å². The maximum Gasteiger partial charge on any atom is 0.234 e. The molecule has 32 heavy (non-hydrogen) atoms. The fraction of sp³-hybridized carbons (Fsp3) is 0.348. The molecule has 1 fully saturated rings. The molecule has 8 nitrogen and oxygen atoms in total. The Morgan fingerprint density at radius 1 is 1.22 bits per heavy atom. The smallest absolute Gasteiger partial charge is 0.234 e. The predicted molar refractivity (Wildman–Crippen MR) is 122 cm³/mol. The minimum atomic E-state index is -0.459. The molecule has 0 aliphatic carbocycles. The molecular formula is C23H23N3O5S. The second-order valence-electron chi connectivity index (χ2n) is 7.68. The molecule has 166 valence electrons. The fourth-order valence-electron chi connectivity index (χ4n) is 4.00. The van der Waals surface area contributed by atoms with Crippen molar-refractivity contribution >= 4 is 44.2 Å². The van der Waals surface area contributed by atoms with E-state index in [1.165, 1.54) is 11.3 Å². The zero-order chi connectivity index (χ0) is 22.1. The highest BCUT2D eigenvalue weighted by molar-refractivity contribution is 7.22. The van der Waals surface area contributed by atoms with Crippen LogP contribution in [0.3, 0.4) is 0 Å². The minimum absolute atomic E-state index is 0.0870. The van der Waals surface area contributed by atoms with Gasteiger partial charge in [0.2, 0.25) is 11.8 Å². The number of carbonyl (C=O) groups is 2. The molecule has 9 heteroatoms. The molecular weight excluding hydrogens is 430 g/mol. The van der Waals surface area contributed by atoms with Crippen molar-refractivity contribution in [2.45, 2.75) is 6.42 Å². The molecule has 1 saturated heterocycles. The number of rotatable bonds is 6. The Bertz CT molecular complexity index is 1130. The molecule has 2 aliphatic heterocycles. The van der Waals surface area contributed by atoms with E-state index < -0.39 is 5.92 Å². The van der Waals surface area contributed by atoms with Crippen LogP contribution >= 0.6 is 11.3 Å². The number of carbonyl (C=O) groups excluding carboxylic acids is 2. The maximum absolute atomic E-state index is 13.5. The average molecular weight is 454 g/mol. The summed E-state index contributed by atoms with van der Waals surface area (Å²) in [5, 5.41) is 0.624. The SMILES string of the molecule is COCCN(C(=O)C1CC(=O)N(c2ccc3c(c2)OCCO3)C1)c1nc2ccccc2s1. The van der Waals surface area contributed by atoms with Gasteiger partial charge in [0.15, 0.2) is 16.6 Å². The number of hydrogen-bond donors (Lipinski definition) is 0. The summed E-state index contributed by atoms with van der Waals surface area (Å²) in [5.41, 5.74) is 1.56. The zero-order valence-corrected chi connectivity index (χ0v) is 18.5. The van der Waals surface area contributed by atoms with Gasteiger partial charge in [-0.2, -0.15) is 0 Å². The number of benzene rings is 2. The van der Waals surface area contributed by atoms with E-state index in [4.69, 9.17) is 14.2 Å². The average Bonchev–Trinajstić information content (AvgIpc) is 3.42. The van der Waals surface area contributed by atoms with Crippen molar-refractivity contribution in [3.63, 3.8) is 0 Å². The van der Waals surface area contributed by atoms with Crippen LogP contribution < -0.4 is 19.3 Å². The molecule has 2 amide bonds. The van der Waals surface area contributed by atoms with Gasteiger partial charge in [-0.3, -0.25) is 14.5 Å². The number of methoxy groups -OCH3 is 1. The number of hydrogen-bond acceptors (Lipinski definition) is 7. The normalized spacial score (nSPS) is 17.7. The Kier molecular flexibility index (Phi) is 5.67. The lowest BCUT2D eigenvalue weighted by molar-refractivity contribution is -0.124. The lowest BCUT2D eigenvalue weighted by Crippen LogP contribution is -2.39. The van der Waals surface area contributed by atoms with E-state index in [2.05, 4.69) is 4.98 Å². The first-order valence-corrected chi connectivity index (χ1v) is 11.3. The van der Waals surface area contributed by atoms with E-state index in [1.54, 1.807) is 29.0 Å². The summed E-state index contributed by atoms with van der Waals surface area (Å²) < 4.78 is 17.4. The molecule has 1 aromatic heterocycles. The molecule has 0 spiro atoms. The van der Waals surface area contributed by atoms with Crippen LogP contribution in [0.1, 0.15) is 6.42 Å².